The van der Waals surface area contributed by atoms with Crippen LogP contribution in [0.25, 0.3) is 0 Å². The van der Waals surface area contributed by atoms with E-state index >= 15 is 0 Å². The number of halogens is 3. The van der Waals surface area contributed by atoms with Crippen LogP contribution in [0.3, 0.4) is 0 Å². The lowest BCUT2D eigenvalue weighted by Gasteiger charge is -2.25. The highest BCUT2D eigenvalue weighted by Gasteiger charge is 2.30. The van der Waals surface area contributed by atoms with E-state index in [4.69, 9.17) is 5.73 Å². The molecule has 0 atom stereocenters. The second-order valence-electron chi connectivity index (χ2n) is 7.80. The maximum absolute atomic E-state index is 12.9. The van der Waals surface area contributed by atoms with Crippen LogP contribution < -0.4 is 11.1 Å². The number of hydrogen-bond acceptors (Lipinski definition) is 5. The molecular formula is C30H46F3N5. The highest BCUT2D eigenvalue weighted by molar-refractivity contribution is 5.57. The summed E-state index contributed by atoms with van der Waals surface area (Å²) in [6.45, 7) is 16.7. The summed E-state index contributed by atoms with van der Waals surface area (Å²) in [5, 5.41) is 3.28. The third-order valence-corrected chi connectivity index (χ3v) is 4.73. The maximum atomic E-state index is 12.9. The molecule has 212 valence electrons. The summed E-state index contributed by atoms with van der Waals surface area (Å²) in [6.07, 6.45) is 16.1. The van der Waals surface area contributed by atoms with Crippen LogP contribution in [0, 0.1) is 0 Å². The average Bonchev–Trinajstić information content (AvgIpc) is 2.85. The Morgan fingerprint density at radius 3 is 2.18 bits per heavy atom. The van der Waals surface area contributed by atoms with Gasteiger partial charge in [-0.05, 0) is 59.1 Å². The van der Waals surface area contributed by atoms with Gasteiger partial charge in [0.15, 0.2) is 0 Å². The zero-order valence-corrected chi connectivity index (χ0v) is 24.2. The van der Waals surface area contributed by atoms with Crippen LogP contribution in [-0.2, 0) is 0 Å². The maximum Gasteiger partial charge on any atom is 0.415 e. The Morgan fingerprint density at radius 1 is 1.08 bits per heavy atom. The zero-order chi connectivity index (χ0) is 29.6. The van der Waals surface area contributed by atoms with Crippen molar-refractivity contribution in [2.75, 3.05) is 13.6 Å². The molecule has 0 aromatic rings. The van der Waals surface area contributed by atoms with Gasteiger partial charge < -0.3 is 16.0 Å². The Balaban J connectivity index is 0. The average molecular weight is 534 g/mol. The fraction of sp³-hybridized carbons (Fsp3) is 0.400. The summed E-state index contributed by atoms with van der Waals surface area (Å²) in [4.78, 5) is 10.1. The molecule has 0 spiro atoms. The number of nitrogens with one attached hydrogen (secondary N) is 1. The summed E-state index contributed by atoms with van der Waals surface area (Å²) >= 11 is 0. The van der Waals surface area contributed by atoms with Gasteiger partial charge in [-0.2, -0.15) is 13.2 Å². The van der Waals surface area contributed by atoms with Gasteiger partial charge >= 0.3 is 6.18 Å². The molecule has 0 heterocycles. The quantitative estimate of drug-likeness (QED) is 0.186. The van der Waals surface area contributed by atoms with Crippen molar-refractivity contribution in [3.63, 3.8) is 0 Å². The van der Waals surface area contributed by atoms with Gasteiger partial charge in [-0.25, -0.2) is 0 Å². The second kappa shape index (κ2) is 21.5. The van der Waals surface area contributed by atoms with Crippen molar-refractivity contribution in [1.82, 2.24) is 10.2 Å². The SMILES string of the molecule is C=C(/C=C(\C=C/C)CNC(=C\CC)/C(=C\C)C(=C(/C)N=CC)/N(C)/C=C/N)C(F)(F)F.CC=N/C=C\CC. The van der Waals surface area contributed by atoms with Crippen LogP contribution in [0.1, 0.15) is 61.3 Å². The zero-order valence-electron chi connectivity index (χ0n) is 24.2. The Hall–Kier alpha value is -3.55. The van der Waals surface area contributed by atoms with Gasteiger partial charge in [0.2, 0.25) is 0 Å². The minimum Gasteiger partial charge on any atom is -0.403 e. The predicted octanol–water partition coefficient (Wildman–Crippen LogP) is 8.12. The van der Waals surface area contributed by atoms with Crippen molar-refractivity contribution in [1.29, 1.82) is 0 Å². The molecule has 0 saturated carbocycles. The first-order valence-electron chi connectivity index (χ1n) is 12.6. The van der Waals surface area contributed by atoms with Crippen molar-refractivity contribution < 1.29 is 13.2 Å². The van der Waals surface area contributed by atoms with E-state index in [2.05, 4.69) is 28.8 Å². The molecule has 0 aromatic heterocycles. The summed E-state index contributed by atoms with van der Waals surface area (Å²) in [7, 11) is 1.86. The van der Waals surface area contributed by atoms with Crippen molar-refractivity contribution in [3.05, 3.63) is 95.4 Å². The van der Waals surface area contributed by atoms with Crippen LogP contribution in [0.2, 0.25) is 0 Å². The van der Waals surface area contributed by atoms with Crippen LogP contribution >= 0.6 is 0 Å². The predicted molar refractivity (Wildman–Crippen MR) is 160 cm³/mol. The van der Waals surface area contributed by atoms with Gasteiger partial charge in [0.05, 0.1) is 11.4 Å². The first-order chi connectivity index (χ1) is 18.0. The molecule has 0 aliphatic heterocycles. The minimum atomic E-state index is -4.47. The number of nitrogens with two attached hydrogens (primary N) is 1. The Labute approximate surface area is 228 Å². The standard InChI is InChI=1S/C24H35F3N4.C6H11N/c1-8-12-20(16-18(5)24(25,26)27)17-30-22(13-9-2)21(10-3)23(19(6)29-11-4)31(7)15-14-28;1-3-5-6-7-4-2/h8,10-16,30H,5,9,17,28H2,1-4,6-7H3;4-6H,3H2,1-2H3/b12-8-,15-14+,20-16+,21-10+,22-13-,23-19+,29-11?;6-5-,7-4?. The van der Waals surface area contributed by atoms with Gasteiger partial charge in [0.1, 0.15) is 0 Å². The number of alkyl halides is 3. The van der Waals surface area contributed by atoms with Crippen LogP contribution in [0.4, 0.5) is 13.2 Å². The van der Waals surface area contributed by atoms with Crippen LogP contribution in [-0.4, -0.2) is 37.1 Å². The van der Waals surface area contributed by atoms with Crippen molar-refractivity contribution >= 4 is 12.4 Å². The molecule has 38 heavy (non-hydrogen) atoms. The normalized spacial score (nSPS) is 14.6. The highest BCUT2D eigenvalue weighted by atomic mass is 19.4. The smallest absolute Gasteiger partial charge is 0.403 e. The molecule has 0 bridgehead atoms. The first-order valence-corrected chi connectivity index (χ1v) is 12.6. The number of hydrogen-bond donors (Lipinski definition) is 2. The Morgan fingerprint density at radius 2 is 1.74 bits per heavy atom. The Bertz CT molecular complexity index is 972. The van der Waals surface area contributed by atoms with E-state index in [-0.39, 0.29) is 6.54 Å². The van der Waals surface area contributed by atoms with Gasteiger partial charge in [-0.1, -0.05) is 50.8 Å². The fourth-order valence-corrected chi connectivity index (χ4v) is 3.13. The first kappa shape index (κ1) is 36.6. The lowest BCUT2D eigenvalue weighted by molar-refractivity contribution is -0.0878. The van der Waals surface area contributed by atoms with E-state index in [9.17, 15) is 13.2 Å². The number of rotatable bonds is 13. The molecule has 5 nitrogen and oxygen atoms in total. The number of nitrogens with zero attached hydrogens (tertiary/aromatic N) is 3. The molecule has 0 radical (unpaired) electrons. The van der Waals surface area contributed by atoms with E-state index in [0.29, 0.717) is 5.57 Å². The molecule has 0 aromatic carbocycles. The lowest BCUT2D eigenvalue weighted by atomic mass is 10.0. The monoisotopic (exact) mass is 533 g/mol. The third kappa shape index (κ3) is 15.5. The molecule has 0 rings (SSSR count). The summed E-state index contributed by atoms with van der Waals surface area (Å²) in [6, 6.07) is 0. The summed E-state index contributed by atoms with van der Waals surface area (Å²) in [5.41, 5.74) is 8.40. The van der Waals surface area contributed by atoms with Crippen LogP contribution in [0.15, 0.2) is 105 Å². The van der Waals surface area contributed by atoms with Crippen molar-refractivity contribution in [2.24, 2.45) is 15.7 Å². The Kier molecular flexibility index (Phi) is 20.7. The minimum absolute atomic E-state index is 0.197. The highest BCUT2D eigenvalue weighted by Crippen LogP contribution is 2.27. The molecule has 0 fully saturated rings. The molecule has 0 aliphatic carbocycles. The summed E-state index contributed by atoms with van der Waals surface area (Å²) < 4.78 is 38.8. The van der Waals surface area contributed by atoms with E-state index in [1.165, 1.54) is 6.20 Å². The van der Waals surface area contributed by atoms with Crippen molar-refractivity contribution in [2.45, 2.75) is 67.5 Å². The van der Waals surface area contributed by atoms with E-state index in [0.717, 1.165) is 41.6 Å². The third-order valence-electron chi connectivity index (χ3n) is 4.73. The lowest BCUT2D eigenvalue weighted by Crippen LogP contribution is -2.23. The molecular weight excluding hydrogens is 487 g/mol. The number of allylic oxidation sites excluding steroid dienone is 7. The van der Waals surface area contributed by atoms with E-state index in [1.807, 2.05) is 64.8 Å². The van der Waals surface area contributed by atoms with Gasteiger partial charge in [-0.3, -0.25) is 9.98 Å². The van der Waals surface area contributed by atoms with Crippen LogP contribution in [0.5, 0.6) is 0 Å². The molecule has 0 unspecified atom stereocenters. The summed E-state index contributed by atoms with van der Waals surface area (Å²) in [5.74, 6) is 0. The van der Waals surface area contributed by atoms with Gasteiger partial charge in [-0.15, -0.1) is 0 Å². The molecule has 0 amide bonds. The van der Waals surface area contributed by atoms with E-state index < -0.39 is 11.7 Å². The molecule has 0 aliphatic rings. The van der Waals surface area contributed by atoms with Gasteiger partial charge in [0.25, 0.3) is 0 Å². The largest absolute Gasteiger partial charge is 0.415 e. The number of likely N-dealkylation sites (N-methyl/N-ethyl adjacent to an activating group) is 1. The van der Waals surface area contributed by atoms with Crippen molar-refractivity contribution in [3.8, 4) is 0 Å². The van der Waals surface area contributed by atoms with Gasteiger partial charge in [0, 0.05) is 61.5 Å². The number of aliphatic imine (C=N–C) groups is 2. The fourth-order valence-electron chi connectivity index (χ4n) is 3.13. The topological polar surface area (TPSA) is 66.0 Å². The molecule has 0 saturated heterocycles. The molecule has 3 N–H and O–H groups in total. The van der Waals surface area contributed by atoms with E-state index in [1.54, 1.807) is 43.9 Å². The molecule has 8 heteroatoms. The second-order valence-corrected chi connectivity index (χ2v) is 7.80.